The molecule has 2 aliphatic rings. The van der Waals surface area contributed by atoms with Crippen molar-refractivity contribution in [3.63, 3.8) is 0 Å². The van der Waals surface area contributed by atoms with Gasteiger partial charge in [-0.05, 0) is 18.6 Å². The summed E-state index contributed by atoms with van der Waals surface area (Å²) in [4.78, 5) is 33.9. The van der Waals surface area contributed by atoms with Gasteiger partial charge in [0.25, 0.3) is 11.8 Å². The van der Waals surface area contributed by atoms with Gasteiger partial charge >= 0.3 is 5.97 Å². The first-order valence-corrected chi connectivity index (χ1v) is 5.75. The molecule has 0 saturated carbocycles. The molecule has 0 fully saturated rings. The Bertz CT molecular complexity index is 587. The Labute approximate surface area is 113 Å². The van der Waals surface area contributed by atoms with Gasteiger partial charge in [0.15, 0.2) is 0 Å². The second kappa shape index (κ2) is 5.08. The first-order valence-electron chi connectivity index (χ1n) is 5.75. The second-order valence-electron chi connectivity index (χ2n) is 4.29. The van der Waals surface area contributed by atoms with Crippen molar-refractivity contribution in [2.24, 2.45) is 0 Å². The van der Waals surface area contributed by atoms with E-state index in [1.807, 2.05) is 5.32 Å². The van der Waals surface area contributed by atoms with Gasteiger partial charge in [0, 0.05) is 5.57 Å². The number of hydrogen-bond acceptors (Lipinski definition) is 5. The number of carbonyl (C=O) groups excluding carboxylic acids is 2. The fraction of sp³-hybridized carbons (Fsp3) is 0.250. The molecule has 1 unspecified atom stereocenters. The molecule has 5 N–H and O–H groups in total. The molecular formula is C12H12N2O6. The summed E-state index contributed by atoms with van der Waals surface area (Å²) in [6.07, 6.45) is 3.00. The highest BCUT2D eigenvalue weighted by molar-refractivity contribution is 6.20. The minimum atomic E-state index is -1.27. The van der Waals surface area contributed by atoms with Crippen molar-refractivity contribution in [2.45, 2.75) is 12.5 Å². The number of aliphatic carboxylic acids is 1. The van der Waals surface area contributed by atoms with Crippen LogP contribution in [-0.4, -0.2) is 45.7 Å². The molecule has 1 aliphatic carbocycles. The third-order valence-electron chi connectivity index (χ3n) is 2.91. The van der Waals surface area contributed by atoms with Crippen LogP contribution < -0.4 is 10.6 Å². The first-order chi connectivity index (χ1) is 9.40. The Kier molecular flexibility index (Phi) is 3.47. The zero-order valence-electron chi connectivity index (χ0n) is 10.2. The molecule has 1 atom stereocenters. The van der Waals surface area contributed by atoms with Crippen LogP contribution in [0.15, 0.2) is 34.8 Å². The van der Waals surface area contributed by atoms with Gasteiger partial charge in [0.1, 0.15) is 23.6 Å². The summed E-state index contributed by atoms with van der Waals surface area (Å²) in [6, 6.07) is -0.519. The Morgan fingerprint density at radius 1 is 1.40 bits per heavy atom. The number of fused-ring (bicyclic) bond motifs is 1. The number of amides is 2. The van der Waals surface area contributed by atoms with Crippen LogP contribution in [0.1, 0.15) is 6.42 Å². The lowest BCUT2D eigenvalue weighted by Crippen LogP contribution is -2.47. The van der Waals surface area contributed by atoms with Gasteiger partial charge in [-0.3, -0.25) is 14.4 Å². The smallest absolute Gasteiger partial charge is 0.322 e. The molecule has 2 amide bonds. The lowest BCUT2D eigenvalue weighted by atomic mass is 9.90. The molecule has 0 aromatic heterocycles. The molecule has 0 saturated heterocycles. The normalized spacial score (nSPS) is 21.4. The fourth-order valence-corrected chi connectivity index (χ4v) is 1.99. The molecule has 106 valence electrons. The number of allylic oxidation sites excluding steroid dienone is 1. The van der Waals surface area contributed by atoms with Gasteiger partial charge < -0.3 is 26.0 Å². The maximum Gasteiger partial charge on any atom is 0.322 e. The molecule has 0 radical (unpaired) electrons. The Hall–Kier alpha value is -2.77. The summed E-state index contributed by atoms with van der Waals surface area (Å²) < 4.78 is 0. The van der Waals surface area contributed by atoms with E-state index >= 15 is 0 Å². The van der Waals surface area contributed by atoms with Crippen LogP contribution in [0.5, 0.6) is 0 Å². The Morgan fingerprint density at radius 3 is 2.75 bits per heavy atom. The molecule has 1 heterocycles. The number of rotatable bonds is 3. The van der Waals surface area contributed by atoms with E-state index in [1.165, 1.54) is 12.2 Å². The second-order valence-corrected chi connectivity index (χ2v) is 4.29. The van der Waals surface area contributed by atoms with Crippen LogP contribution in [0.2, 0.25) is 0 Å². The SMILES string of the molecule is O=C(O)CNC(=O)C1=C(O)C2=CC(O)=CCC2NC1=O. The molecular weight excluding hydrogens is 268 g/mol. The maximum atomic E-state index is 11.8. The first kappa shape index (κ1) is 13.7. The molecule has 0 aromatic rings. The minimum absolute atomic E-state index is 0.0794. The monoisotopic (exact) mass is 280 g/mol. The number of hydrogen-bond donors (Lipinski definition) is 5. The molecule has 0 spiro atoms. The highest BCUT2D eigenvalue weighted by atomic mass is 16.4. The average molecular weight is 280 g/mol. The van der Waals surface area contributed by atoms with Crippen molar-refractivity contribution in [1.29, 1.82) is 0 Å². The highest BCUT2D eigenvalue weighted by Gasteiger charge is 2.35. The topological polar surface area (TPSA) is 136 Å². The summed E-state index contributed by atoms with van der Waals surface area (Å²) in [5, 5.41) is 32.4. The van der Waals surface area contributed by atoms with E-state index in [4.69, 9.17) is 5.11 Å². The standard InChI is InChI=1S/C12H12N2O6/c15-5-1-2-7-6(3-5)10(18)9(12(20)14-7)11(19)13-4-8(16)17/h1,3,7,15,18H,2,4H2,(H,13,19)(H,14,20)(H,16,17). The van der Waals surface area contributed by atoms with E-state index in [1.54, 1.807) is 0 Å². The van der Waals surface area contributed by atoms with E-state index in [0.29, 0.717) is 0 Å². The van der Waals surface area contributed by atoms with Gasteiger partial charge in [-0.2, -0.15) is 0 Å². The quantitative estimate of drug-likeness (QED) is 0.432. The van der Waals surface area contributed by atoms with Crippen LogP contribution >= 0.6 is 0 Å². The molecule has 0 aromatic carbocycles. The van der Waals surface area contributed by atoms with Crippen molar-refractivity contribution in [3.05, 3.63) is 34.8 Å². The van der Waals surface area contributed by atoms with Crippen molar-refractivity contribution in [2.75, 3.05) is 6.54 Å². The maximum absolute atomic E-state index is 11.8. The third kappa shape index (κ3) is 2.48. The zero-order chi connectivity index (χ0) is 14.9. The van der Waals surface area contributed by atoms with E-state index < -0.39 is 41.7 Å². The lowest BCUT2D eigenvalue weighted by Gasteiger charge is -2.28. The van der Waals surface area contributed by atoms with Gasteiger partial charge in [-0.1, -0.05) is 0 Å². The van der Waals surface area contributed by atoms with Crippen molar-refractivity contribution >= 4 is 17.8 Å². The molecule has 20 heavy (non-hydrogen) atoms. The van der Waals surface area contributed by atoms with Crippen LogP contribution in [0.25, 0.3) is 0 Å². The van der Waals surface area contributed by atoms with Crippen molar-refractivity contribution in [1.82, 2.24) is 10.6 Å². The predicted molar refractivity (Wildman–Crippen MR) is 65.6 cm³/mol. The Morgan fingerprint density at radius 2 is 2.10 bits per heavy atom. The molecule has 0 bridgehead atoms. The number of carboxylic acid groups (broad SMARTS) is 1. The van der Waals surface area contributed by atoms with Crippen LogP contribution in [0, 0.1) is 0 Å². The fourth-order valence-electron chi connectivity index (χ4n) is 1.99. The van der Waals surface area contributed by atoms with Gasteiger partial charge in [-0.15, -0.1) is 0 Å². The van der Waals surface area contributed by atoms with E-state index in [2.05, 4.69) is 5.32 Å². The number of carbonyl (C=O) groups is 3. The van der Waals surface area contributed by atoms with Crippen LogP contribution in [0.3, 0.4) is 0 Å². The molecule has 2 rings (SSSR count). The summed E-state index contributed by atoms with van der Waals surface area (Å²) in [7, 11) is 0. The lowest BCUT2D eigenvalue weighted by molar-refractivity contribution is -0.138. The predicted octanol–water partition coefficient (Wildman–Crippen LogP) is -0.730. The van der Waals surface area contributed by atoms with Gasteiger partial charge in [-0.25, -0.2) is 0 Å². The molecule has 8 heteroatoms. The minimum Gasteiger partial charge on any atom is -0.508 e. The highest BCUT2D eigenvalue weighted by Crippen LogP contribution is 2.28. The number of aliphatic hydroxyl groups is 2. The summed E-state index contributed by atoms with van der Waals surface area (Å²) >= 11 is 0. The largest absolute Gasteiger partial charge is 0.508 e. The van der Waals surface area contributed by atoms with Crippen LogP contribution in [0.4, 0.5) is 0 Å². The zero-order valence-corrected chi connectivity index (χ0v) is 10.2. The Balaban J connectivity index is 2.32. The summed E-state index contributed by atoms with van der Waals surface area (Å²) in [5.41, 5.74) is -0.353. The average Bonchev–Trinajstić information content (AvgIpc) is 2.37. The van der Waals surface area contributed by atoms with E-state index in [9.17, 15) is 24.6 Å². The molecule has 8 nitrogen and oxygen atoms in total. The van der Waals surface area contributed by atoms with Crippen molar-refractivity contribution < 1.29 is 29.7 Å². The van der Waals surface area contributed by atoms with Crippen molar-refractivity contribution in [3.8, 4) is 0 Å². The molecule has 1 aliphatic heterocycles. The van der Waals surface area contributed by atoms with Gasteiger partial charge in [0.2, 0.25) is 0 Å². The third-order valence-corrected chi connectivity index (χ3v) is 2.91. The van der Waals surface area contributed by atoms with Crippen LogP contribution in [-0.2, 0) is 14.4 Å². The number of carboxylic acids is 1. The summed E-state index contributed by atoms with van der Waals surface area (Å²) in [6.45, 7) is -0.670. The number of nitrogens with one attached hydrogen (secondary N) is 2. The number of aliphatic hydroxyl groups excluding tert-OH is 2. The van der Waals surface area contributed by atoms with Gasteiger partial charge in [0.05, 0.1) is 6.04 Å². The summed E-state index contributed by atoms with van der Waals surface area (Å²) in [5.74, 6) is -3.69. The van der Waals surface area contributed by atoms with E-state index in [-0.39, 0.29) is 17.8 Å². The van der Waals surface area contributed by atoms with E-state index in [0.717, 1.165) is 0 Å².